The number of thiophene rings is 1. The molecule has 5 rings (SSSR count). The predicted molar refractivity (Wildman–Crippen MR) is 268 cm³/mol. The molecule has 25 heteroatoms. The average molecular weight is 1080 g/mol. The molecule has 400 valence electrons. The van der Waals surface area contributed by atoms with E-state index in [2.05, 4.69) is 39.7 Å². The quantitative estimate of drug-likeness (QED) is 0.0294. The molecule has 2 amide bonds. The van der Waals surface area contributed by atoms with E-state index in [1.54, 1.807) is 26.0 Å². The van der Waals surface area contributed by atoms with Crippen LogP contribution in [0.1, 0.15) is 105 Å². The number of aryl methyl sites for hydroxylation is 1. The van der Waals surface area contributed by atoms with Crippen LogP contribution in [0, 0.1) is 13.8 Å². The number of ether oxygens (including phenoxy) is 5. The van der Waals surface area contributed by atoms with Crippen LogP contribution in [0.15, 0.2) is 32.7 Å². The number of benzene rings is 1. The van der Waals surface area contributed by atoms with E-state index in [-0.39, 0.29) is 44.3 Å². The number of aromatic nitrogens is 1. The summed E-state index contributed by atoms with van der Waals surface area (Å²) in [5.74, 6) is -6.96. The smallest absolute Gasteiger partial charge is 0.347 e. The molecule has 2 aliphatic rings. The summed E-state index contributed by atoms with van der Waals surface area (Å²) >= 11 is 0.532. The Kier molecular flexibility index (Phi) is 20.2. The topological polar surface area (TPSA) is 292 Å². The van der Waals surface area contributed by atoms with Crippen molar-refractivity contribution in [3.63, 3.8) is 0 Å². The molecular weight excluding hydrogens is 1010 g/mol. The van der Waals surface area contributed by atoms with Crippen molar-refractivity contribution in [2.45, 2.75) is 107 Å². The molecule has 0 bridgehead atoms. The fourth-order valence-electron chi connectivity index (χ4n) is 7.95. The number of fused-ring (bicyclic) bond motifs is 2. The highest BCUT2D eigenvalue weighted by atomic mass is 32.3. The number of Topliss-reactive ketones (excluding diaryl/α,β-unsaturated/α-hetero) is 1. The Morgan fingerprint density at radius 1 is 0.945 bits per heavy atom. The molecule has 0 aliphatic carbocycles. The number of methoxy groups -OCH3 is 1. The highest BCUT2D eigenvalue weighted by Crippen LogP contribution is 2.41. The molecule has 73 heavy (non-hydrogen) atoms. The van der Waals surface area contributed by atoms with Gasteiger partial charge in [0.25, 0.3) is 21.8 Å². The lowest BCUT2D eigenvalue weighted by molar-refractivity contribution is -0.179. The molecule has 0 spiro atoms. The second-order valence-electron chi connectivity index (χ2n) is 17.3. The van der Waals surface area contributed by atoms with Crippen LogP contribution in [-0.4, -0.2) is 156 Å². The maximum Gasteiger partial charge on any atom is 0.347 e. The standard InChI is InChI=1S/C48H64N6O16S3/c1-10-49-38-25-54(19-13-21-66-9)73(64,65)48-35(38)24-42(71-48)72(62,63)26-39(55)29(6)68-47(61)31(8)69-46(60)30(7)67-40(56)16-17-41(57)70-32-14-15-36-33(22-32)34(44(58)52-36)23-37-27(4)43(28(5)51-37)45(59)50-18-20-53(11-2)12-3/h14-15,22-24,29-31,38,49,51H,10-13,16-21,25-26H2,1-9H3,(H,50,59)(H,52,58)/b34-23-/t29-,30+,31+,38-/m0/s1. The number of amides is 2. The number of nitrogens with one attached hydrogen (secondary N) is 4. The second-order valence-corrected chi connectivity index (χ2v) is 22.7. The van der Waals surface area contributed by atoms with Crippen molar-refractivity contribution >= 4 is 90.0 Å². The van der Waals surface area contributed by atoms with Crippen molar-refractivity contribution in [1.29, 1.82) is 0 Å². The highest BCUT2D eigenvalue weighted by molar-refractivity contribution is 7.95. The van der Waals surface area contributed by atoms with Crippen LogP contribution < -0.4 is 20.7 Å². The number of likely N-dealkylation sites (N-methyl/N-ethyl adjacent to an activating group) is 2. The Morgan fingerprint density at radius 2 is 1.60 bits per heavy atom. The summed E-state index contributed by atoms with van der Waals surface area (Å²) in [6.45, 7) is 16.8. The molecule has 22 nitrogen and oxygen atoms in total. The number of H-pyrrole nitrogens is 1. The van der Waals surface area contributed by atoms with Crippen LogP contribution in [0.4, 0.5) is 5.69 Å². The van der Waals surface area contributed by atoms with Crippen LogP contribution in [0.2, 0.25) is 0 Å². The third-order valence-electron chi connectivity index (χ3n) is 12.0. The van der Waals surface area contributed by atoms with Crippen molar-refractivity contribution in [2.24, 2.45) is 0 Å². The fourth-order valence-corrected chi connectivity index (χ4v) is 13.2. The molecule has 1 aromatic carbocycles. The zero-order valence-corrected chi connectivity index (χ0v) is 44.8. The zero-order valence-electron chi connectivity index (χ0n) is 42.3. The van der Waals surface area contributed by atoms with Gasteiger partial charge < -0.3 is 49.5 Å². The minimum atomic E-state index is -4.42. The molecule has 0 radical (unpaired) electrons. The summed E-state index contributed by atoms with van der Waals surface area (Å²) in [4.78, 5) is 95.7. The van der Waals surface area contributed by atoms with Gasteiger partial charge in [0.2, 0.25) is 0 Å². The molecule has 0 fully saturated rings. The van der Waals surface area contributed by atoms with E-state index in [9.17, 15) is 50.4 Å². The molecule has 0 saturated heterocycles. The number of anilines is 1. The number of hydrogen-bond acceptors (Lipinski definition) is 19. The second kappa shape index (κ2) is 25.4. The first-order valence-electron chi connectivity index (χ1n) is 23.8. The van der Waals surface area contributed by atoms with Gasteiger partial charge >= 0.3 is 23.9 Å². The summed E-state index contributed by atoms with van der Waals surface area (Å²) in [7, 11) is -6.97. The van der Waals surface area contributed by atoms with Crippen molar-refractivity contribution in [3.05, 3.63) is 57.9 Å². The average Bonchev–Trinajstić information content (AvgIpc) is 4.01. The Morgan fingerprint density at radius 3 is 2.26 bits per heavy atom. The number of esters is 4. The van der Waals surface area contributed by atoms with E-state index in [0.29, 0.717) is 77.8 Å². The first-order valence-corrected chi connectivity index (χ1v) is 27.7. The molecule has 4 heterocycles. The first kappa shape index (κ1) is 58.1. The monoisotopic (exact) mass is 1080 g/mol. The van der Waals surface area contributed by atoms with E-state index in [1.807, 2.05) is 6.92 Å². The van der Waals surface area contributed by atoms with Gasteiger partial charge in [0.05, 0.1) is 24.0 Å². The maximum absolute atomic E-state index is 13.5. The number of sulfonamides is 1. The number of nitrogens with zero attached hydrogens (tertiary/aromatic N) is 2. The lowest BCUT2D eigenvalue weighted by atomic mass is 10.0. The number of hydrogen-bond donors (Lipinski definition) is 4. The van der Waals surface area contributed by atoms with Gasteiger partial charge in [-0.1, -0.05) is 20.8 Å². The van der Waals surface area contributed by atoms with Crippen LogP contribution in [0.25, 0.3) is 11.6 Å². The Labute approximate surface area is 428 Å². The molecule has 2 aliphatic heterocycles. The van der Waals surface area contributed by atoms with Gasteiger partial charge in [0.15, 0.2) is 33.9 Å². The fraction of sp³-hybridized carbons (Fsp3) is 0.521. The first-order chi connectivity index (χ1) is 34.4. The van der Waals surface area contributed by atoms with Gasteiger partial charge in [-0.25, -0.2) is 26.4 Å². The van der Waals surface area contributed by atoms with Gasteiger partial charge in [-0.3, -0.25) is 24.0 Å². The maximum atomic E-state index is 13.5. The lowest BCUT2D eigenvalue weighted by Gasteiger charge is -2.32. The molecular formula is C48H64N6O16S3. The van der Waals surface area contributed by atoms with E-state index >= 15 is 0 Å². The molecule has 0 saturated carbocycles. The summed E-state index contributed by atoms with van der Waals surface area (Å²) in [5, 5.41) is 8.90. The Balaban J connectivity index is 1.09. The van der Waals surface area contributed by atoms with Crippen molar-refractivity contribution in [3.8, 4) is 5.75 Å². The van der Waals surface area contributed by atoms with Crippen LogP contribution in [-0.2, 0) is 67.6 Å². The van der Waals surface area contributed by atoms with Crippen molar-refractivity contribution in [2.75, 3.05) is 70.6 Å². The SMILES string of the molecule is CCN[C@H]1CN(CCCOC)S(=O)(=O)c2sc(S(=O)(=O)CC(=O)[C@H](C)OC(=O)[C@@H](C)OC(=O)[C@@H](C)OC(=O)CCC(=O)Oc3ccc4c(c3)/C(=C/c3[nH]c(C)c(C(=O)NCCN(CC)CC)c3C)C(=O)N4)cc21. The van der Waals surface area contributed by atoms with E-state index in [1.165, 1.54) is 29.6 Å². The minimum Gasteiger partial charge on any atom is -0.452 e. The van der Waals surface area contributed by atoms with Gasteiger partial charge in [-0.05, 0) is 96.6 Å². The van der Waals surface area contributed by atoms with Gasteiger partial charge in [-0.2, -0.15) is 4.31 Å². The van der Waals surface area contributed by atoms with Crippen LogP contribution in [0.5, 0.6) is 5.75 Å². The number of carbonyl (C=O) groups excluding carboxylic acids is 7. The summed E-state index contributed by atoms with van der Waals surface area (Å²) in [6.07, 6.45) is -3.78. The zero-order chi connectivity index (χ0) is 53.9. The number of carbonyl (C=O) groups is 7. The third kappa shape index (κ3) is 14.5. The lowest BCUT2D eigenvalue weighted by Crippen LogP contribution is -2.43. The molecule has 4 atom stereocenters. The summed E-state index contributed by atoms with van der Waals surface area (Å²) in [6, 6.07) is 5.22. The van der Waals surface area contributed by atoms with Gasteiger partial charge in [0, 0.05) is 74.1 Å². The normalized spacial score (nSPS) is 17.0. The number of rotatable bonds is 26. The predicted octanol–water partition coefficient (Wildman–Crippen LogP) is 3.47. The molecule has 3 aromatic rings. The highest BCUT2D eigenvalue weighted by Gasteiger charge is 2.41. The van der Waals surface area contributed by atoms with E-state index in [0.717, 1.165) is 33.9 Å². The molecule has 2 aromatic heterocycles. The van der Waals surface area contributed by atoms with Crippen molar-refractivity contribution < 1.29 is 74.1 Å². The van der Waals surface area contributed by atoms with Gasteiger partial charge in [-0.15, -0.1) is 11.3 Å². The van der Waals surface area contributed by atoms with E-state index in [4.69, 9.17) is 23.7 Å². The number of ketones is 1. The van der Waals surface area contributed by atoms with Crippen LogP contribution >= 0.6 is 11.3 Å². The van der Waals surface area contributed by atoms with Crippen LogP contribution in [0.3, 0.4) is 0 Å². The summed E-state index contributed by atoms with van der Waals surface area (Å²) < 4.78 is 80.4. The minimum absolute atomic E-state index is 0.0673. The Hall–Kier alpha value is -5.83. The molecule has 0 unspecified atom stereocenters. The van der Waals surface area contributed by atoms with Crippen molar-refractivity contribution in [1.82, 2.24) is 24.8 Å². The third-order valence-corrected chi connectivity index (χ3v) is 17.8. The largest absolute Gasteiger partial charge is 0.452 e. The molecule has 4 N–H and O–H groups in total. The van der Waals surface area contributed by atoms with Gasteiger partial charge in [0.1, 0.15) is 19.9 Å². The van der Waals surface area contributed by atoms with E-state index < -0.39 is 98.4 Å². The number of sulfone groups is 1. The Bertz CT molecular complexity index is 2830. The summed E-state index contributed by atoms with van der Waals surface area (Å²) in [5.41, 5.74) is 3.70. The number of aromatic amines is 1.